The van der Waals surface area contributed by atoms with E-state index in [2.05, 4.69) is 5.32 Å². The third kappa shape index (κ3) is 10.7. The summed E-state index contributed by atoms with van der Waals surface area (Å²) in [6.07, 6.45) is 1.86. The van der Waals surface area contributed by atoms with Gasteiger partial charge in [0.25, 0.3) is 0 Å². The maximum Gasteiger partial charge on any atom is 0.243 e. The molecule has 0 heterocycles. The standard InChI is InChI=1S/C34H45N3O5S/c1-7-42-30-21-19-29(20-22-30)37(43(6,40)41)23-11-14-32(38)36(25-28-17-15-26(2)16-18-28)31(33(39)35-34(3,4)5)24-27-12-9-8-10-13-27/h8-10,12-13,15-22,31H,7,11,14,23-25H2,1-6H3,(H,35,39)/t31-/m0/s1. The Morgan fingerprint density at radius 2 is 1.53 bits per heavy atom. The van der Waals surface area contributed by atoms with Crippen molar-refractivity contribution in [3.63, 3.8) is 0 Å². The van der Waals surface area contributed by atoms with Crippen LogP contribution in [-0.4, -0.2) is 56.1 Å². The topological polar surface area (TPSA) is 96.0 Å². The number of hydrogen-bond acceptors (Lipinski definition) is 5. The molecule has 0 saturated heterocycles. The molecule has 0 spiro atoms. The van der Waals surface area contributed by atoms with E-state index in [1.165, 1.54) is 4.31 Å². The van der Waals surface area contributed by atoms with Crippen LogP contribution in [0, 0.1) is 6.92 Å². The van der Waals surface area contributed by atoms with Crippen LogP contribution in [0.4, 0.5) is 5.69 Å². The van der Waals surface area contributed by atoms with Crippen molar-refractivity contribution in [1.29, 1.82) is 0 Å². The summed E-state index contributed by atoms with van der Waals surface area (Å²) in [6, 6.07) is 23.7. The fourth-order valence-electron chi connectivity index (χ4n) is 4.78. The van der Waals surface area contributed by atoms with Crippen molar-refractivity contribution in [1.82, 2.24) is 10.2 Å². The van der Waals surface area contributed by atoms with Crippen LogP contribution in [0.15, 0.2) is 78.9 Å². The summed E-state index contributed by atoms with van der Waals surface area (Å²) in [7, 11) is -3.60. The number of nitrogens with zero attached hydrogens (tertiary/aromatic N) is 2. The van der Waals surface area contributed by atoms with Crippen LogP contribution in [0.2, 0.25) is 0 Å². The highest BCUT2D eigenvalue weighted by atomic mass is 32.2. The van der Waals surface area contributed by atoms with E-state index < -0.39 is 21.6 Å². The van der Waals surface area contributed by atoms with Crippen molar-refractivity contribution in [3.05, 3.63) is 95.6 Å². The van der Waals surface area contributed by atoms with E-state index in [0.717, 1.165) is 22.9 Å². The van der Waals surface area contributed by atoms with Gasteiger partial charge >= 0.3 is 0 Å². The quantitative estimate of drug-likeness (QED) is 0.261. The maximum absolute atomic E-state index is 14.0. The number of carbonyl (C=O) groups excluding carboxylic acids is 2. The first kappa shape index (κ1) is 33.6. The number of rotatable bonds is 14. The summed E-state index contributed by atoms with van der Waals surface area (Å²) in [4.78, 5) is 29.3. The SMILES string of the molecule is CCOc1ccc(N(CCCC(=O)N(Cc2ccc(C)cc2)[C@@H](Cc2ccccc2)C(=O)NC(C)(C)C)S(C)(=O)=O)cc1. The minimum absolute atomic E-state index is 0.0724. The van der Waals surface area contributed by atoms with E-state index in [0.29, 0.717) is 24.5 Å². The van der Waals surface area contributed by atoms with Crippen LogP contribution < -0.4 is 14.4 Å². The van der Waals surface area contributed by atoms with Crippen LogP contribution in [0.25, 0.3) is 0 Å². The number of ether oxygens (including phenoxy) is 1. The molecule has 0 aliphatic rings. The predicted octanol–water partition coefficient (Wildman–Crippen LogP) is 5.49. The Morgan fingerprint density at radius 3 is 2.09 bits per heavy atom. The molecule has 0 aliphatic heterocycles. The summed E-state index contributed by atoms with van der Waals surface area (Å²) in [5, 5.41) is 3.07. The Hall–Kier alpha value is -3.85. The molecule has 0 bridgehead atoms. The van der Waals surface area contributed by atoms with Crippen molar-refractivity contribution in [3.8, 4) is 5.75 Å². The van der Waals surface area contributed by atoms with E-state index in [1.807, 2.05) is 89.2 Å². The number of benzene rings is 3. The second-order valence-electron chi connectivity index (χ2n) is 11.8. The van der Waals surface area contributed by atoms with Crippen LogP contribution in [0.5, 0.6) is 5.75 Å². The van der Waals surface area contributed by atoms with Gasteiger partial charge in [0.2, 0.25) is 21.8 Å². The van der Waals surface area contributed by atoms with Crippen molar-refractivity contribution in [2.45, 2.75) is 72.0 Å². The third-order valence-electron chi connectivity index (χ3n) is 6.83. The first-order valence-corrected chi connectivity index (χ1v) is 16.5. The van der Waals surface area contributed by atoms with Gasteiger partial charge in [0.05, 0.1) is 18.6 Å². The molecule has 3 aromatic carbocycles. The van der Waals surface area contributed by atoms with E-state index in [1.54, 1.807) is 29.2 Å². The number of sulfonamides is 1. The van der Waals surface area contributed by atoms with Gasteiger partial charge in [-0.25, -0.2) is 8.42 Å². The highest BCUT2D eigenvalue weighted by Gasteiger charge is 2.32. The molecule has 9 heteroatoms. The average molecular weight is 608 g/mol. The van der Waals surface area contributed by atoms with Gasteiger partial charge in [-0.1, -0.05) is 60.2 Å². The molecule has 8 nitrogen and oxygen atoms in total. The van der Waals surface area contributed by atoms with Gasteiger partial charge in [0, 0.05) is 31.5 Å². The Labute approximate surface area is 257 Å². The zero-order valence-corrected chi connectivity index (χ0v) is 27.0. The normalized spacial score (nSPS) is 12.3. The van der Waals surface area contributed by atoms with Crippen LogP contribution >= 0.6 is 0 Å². The zero-order chi connectivity index (χ0) is 31.6. The van der Waals surface area contributed by atoms with Gasteiger partial charge < -0.3 is 15.0 Å². The summed E-state index contributed by atoms with van der Waals surface area (Å²) >= 11 is 0. The number of anilines is 1. The van der Waals surface area contributed by atoms with E-state index in [9.17, 15) is 18.0 Å². The molecule has 3 aromatic rings. The minimum Gasteiger partial charge on any atom is -0.494 e. The summed E-state index contributed by atoms with van der Waals surface area (Å²) in [5.41, 5.74) is 2.97. The lowest BCUT2D eigenvalue weighted by Crippen LogP contribution is -2.54. The lowest BCUT2D eigenvalue weighted by Gasteiger charge is -2.34. The second kappa shape index (κ2) is 15.0. The lowest BCUT2D eigenvalue weighted by molar-refractivity contribution is -0.142. The number of hydrogen-bond donors (Lipinski definition) is 1. The fraction of sp³-hybridized carbons (Fsp3) is 0.412. The highest BCUT2D eigenvalue weighted by molar-refractivity contribution is 7.92. The van der Waals surface area contributed by atoms with Gasteiger partial charge in [-0.2, -0.15) is 0 Å². The molecular weight excluding hydrogens is 562 g/mol. The number of aryl methyl sites for hydroxylation is 1. The van der Waals surface area contributed by atoms with Crippen molar-refractivity contribution < 1.29 is 22.7 Å². The number of carbonyl (C=O) groups is 2. The predicted molar refractivity (Wildman–Crippen MR) is 173 cm³/mol. The molecule has 43 heavy (non-hydrogen) atoms. The molecule has 2 amide bonds. The fourth-order valence-corrected chi connectivity index (χ4v) is 5.74. The zero-order valence-electron chi connectivity index (χ0n) is 26.2. The molecule has 0 aromatic heterocycles. The van der Waals surface area contributed by atoms with Gasteiger partial charge in [-0.3, -0.25) is 13.9 Å². The number of amides is 2. The molecule has 0 fully saturated rings. The minimum atomic E-state index is -3.60. The summed E-state index contributed by atoms with van der Waals surface area (Å²) in [6.45, 7) is 10.5. The molecular formula is C34H45N3O5S. The van der Waals surface area contributed by atoms with E-state index in [4.69, 9.17) is 4.74 Å². The van der Waals surface area contributed by atoms with Crippen LogP contribution in [-0.2, 0) is 32.6 Å². The third-order valence-corrected chi connectivity index (χ3v) is 8.02. The van der Waals surface area contributed by atoms with Crippen LogP contribution in [0.1, 0.15) is 57.2 Å². The molecule has 232 valence electrons. The van der Waals surface area contributed by atoms with Crippen molar-refractivity contribution in [2.75, 3.05) is 23.7 Å². The molecule has 0 unspecified atom stereocenters. The highest BCUT2D eigenvalue weighted by Crippen LogP contribution is 2.23. The molecule has 0 saturated carbocycles. The van der Waals surface area contributed by atoms with Crippen molar-refractivity contribution >= 4 is 27.5 Å². The first-order valence-electron chi connectivity index (χ1n) is 14.7. The van der Waals surface area contributed by atoms with E-state index >= 15 is 0 Å². The molecule has 1 N–H and O–H groups in total. The Balaban J connectivity index is 1.87. The Bertz CT molecular complexity index is 1430. The molecule has 1 atom stereocenters. The van der Waals surface area contributed by atoms with Gasteiger partial charge in [0.1, 0.15) is 11.8 Å². The van der Waals surface area contributed by atoms with E-state index in [-0.39, 0.29) is 37.7 Å². The second-order valence-corrected chi connectivity index (χ2v) is 13.7. The maximum atomic E-state index is 14.0. The van der Waals surface area contributed by atoms with Gasteiger partial charge in [-0.15, -0.1) is 0 Å². The van der Waals surface area contributed by atoms with Crippen LogP contribution in [0.3, 0.4) is 0 Å². The number of nitrogens with one attached hydrogen (secondary N) is 1. The molecule has 0 aliphatic carbocycles. The Kier molecular flexibility index (Phi) is 11.8. The monoisotopic (exact) mass is 607 g/mol. The van der Waals surface area contributed by atoms with Gasteiger partial charge in [0.15, 0.2) is 0 Å². The first-order chi connectivity index (χ1) is 20.3. The summed E-state index contributed by atoms with van der Waals surface area (Å²) in [5.74, 6) is 0.203. The lowest BCUT2D eigenvalue weighted by atomic mass is 10.00. The van der Waals surface area contributed by atoms with Gasteiger partial charge in [-0.05, 0) is 76.4 Å². The Morgan fingerprint density at radius 1 is 0.907 bits per heavy atom. The molecule has 0 radical (unpaired) electrons. The smallest absolute Gasteiger partial charge is 0.243 e. The largest absolute Gasteiger partial charge is 0.494 e. The summed E-state index contributed by atoms with van der Waals surface area (Å²) < 4.78 is 32.2. The average Bonchev–Trinajstić information content (AvgIpc) is 2.93. The molecule has 3 rings (SSSR count). The van der Waals surface area contributed by atoms with Crippen molar-refractivity contribution in [2.24, 2.45) is 0 Å².